The van der Waals surface area contributed by atoms with Crippen LogP contribution in [0.5, 0.6) is 0 Å². The number of halogens is 1. The highest BCUT2D eigenvalue weighted by Crippen LogP contribution is 2.30. The minimum Gasteiger partial charge on any atom is -0.379 e. The summed E-state index contributed by atoms with van der Waals surface area (Å²) in [5, 5.41) is 9.97. The van der Waals surface area contributed by atoms with Gasteiger partial charge in [-0.1, -0.05) is 11.6 Å². The molecule has 1 heterocycles. The van der Waals surface area contributed by atoms with Crippen molar-refractivity contribution in [2.75, 3.05) is 18.4 Å². The SMILES string of the molecule is CCNC(=O)CCNc1c(Cl)cnn(CC2CC2)c1=O. The Labute approximate surface area is 122 Å². The van der Waals surface area contributed by atoms with Crippen molar-refractivity contribution in [2.45, 2.75) is 32.7 Å². The van der Waals surface area contributed by atoms with Gasteiger partial charge in [-0.3, -0.25) is 9.59 Å². The zero-order valence-corrected chi connectivity index (χ0v) is 12.2. The topological polar surface area (TPSA) is 76.0 Å². The summed E-state index contributed by atoms with van der Waals surface area (Å²) in [5.41, 5.74) is 0.104. The zero-order valence-electron chi connectivity index (χ0n) is 11.5. The fourth-order valence-corrected chi connectivity index (χ4v) is 2.08. The standard InChI is InChI=1S/C13H19ClN4O2/c1-2-15-11(19)5-6-16-12-10(14)7-17-18(13(12)20)8-9-3-4-9/h7,9,16H,2-6,8H2,1H3,(H,15,19). The smallest absolute Gasteiger partial charge is 0.291 e. The summed E-state index contributed by atoms with van der Waals surface area (Å²) < 4.78 is 1.44. The van der Waals surface area contributed by atoms with Crippen LogP contribution in [0, 0.1) is 5.92 Å². The molecule has 1 saturated carbocycles. The molecule has 0 bridgehead atoms. The van der Waals surface area contributed by atoms with E-state index in [9.17, 15) is 9.59 Å². The largest absolute Gasteiger partial charge is 0.379 e. The number of rotatable bonds is 7. The molecule has 0 aromatic carbocycles. The van der Waals surface area contributed by atoms with Crippen molar-refractivity contribution in [2.24, 2.45) is 5.92 Å². The lowest BCUT2D eigenvalue weighted by molar-refractivity contribution is -0.120. The van der Waals surface area contributed by atoms with Crippen LogP contribution in [0.25, 0.3) is 0 Å². The molecule has 20 heavy (non-hydrogen) atoms. The van der Waals surface area contributed by atoms with E-state index in [1.54, 1.807) is 0 Å². The van der Waals surface area contributed by atoms with E-state index in [-0.39, 0.29) is 16.5 Å². The van der Waals surface area contributed by atoms with Gasteiger partial charge in [0.05, 0.1) is 11.2 Å². The maximum atomic E-state index is 12.2. The van der Waals surface area contributed by atoms with E-state index in [1.807, 2.05) is 6.92 Å². The Balaban J connectivity index is 1.98. The van der Waals surface area contributed by atoms with Crippen molar-refractivity contribution in [3.8, 4) is 0 Å². The van der Waals surface area contributed by atoms with Gasteiger partial charge in [-0.25, -0.2) is 4.68 Å². The maximum absolute atomic E-state index is 12.2. The van der Waals surface area contributed by atoms with E-state index in [4.69, 9.17) is 11.6 Å². The number of amides is 1. The molecule has 1 aliphatic carbocycles. The zero-order chi connectivity index (χ0) is 14.5. The summed E-state index contributed by atoms with van der Waals surface area (Å²) >= 11 is 5.99. The molecular weight excluding hydrogens is 280 g/mol. The van der Waals surface area contributed by atoms with Crippen LogP contribution >= 0.6 is 11.6 Å². The molecule has 2 N–H and O–H groups in total. The van der Waals surface area contributed by atoms with Crippen LogP contribution in [0.3, 0.4) is 0 Å². The van der Waals surface area contributed by atoms with Gasteiger partial charge < -0.3 is 10.6 Å². The van der Waals surface area contributed by atoms with Crippen LogP contribution in [0.1, 0.15) is 26.2 Å². The van der Waals surface area contributed by atoms with E-state index in [1.165, 1.54) is 10.9 Å². The van der Waals surface area contributed by atoms with Crippen LogP contribution in [0.4, 0.5) is 5.69 Å². The minimum absolute atomic E-state index is 0.0523. The number of anilines is 1. The molecule has 0 radical (unpaired) electrons. The highest BCUT2D eigenvalue weighted by Gasteiger charge is 2.23. The molecule has 0 atom stereocenters. The van der Waals surface area contributed by atoms with Crippen molar-refractivity contribution < 1.29 is 4.79 Å². The summed E-state index contributed by atoms with van der Waals surface area (Å²) in [6.45, 7) is 3.47. The van der Waals surface area contributed by atoms with Crippen molar-refractivity contribution in [1.82, 2.24) is 15.1 Å². The first-order valence-electron chi connectivity index (χ1n) is 6.88. The summed E-state index contributed by atoms with van der Waals surface area (Å²) in [5.74, 6) is 0.507. The van der Waals surface area contributed by atoms with E-state index < -0.39 is 0 Å². The lowest BCUT2D eigenvalue weighted by atomic mass is 10.3. The molecule has 1 aromatic rings. The quantitative estimate of drug-likeness (QED) is 0.794. The third kappa shape index (κ3) is 3.96. The third-order valence-corrected chi connectivity index (χ3v) is 3.44. The first-order chi connectivity index (χ1) is 9.61. The van der Waals surface area contributed by atoms with Crippen LogP contribution in [0.15, 0.2) is 11.0 Å². The lowest BCUT2D eigenvalue weighted by Gasteiger charge is -2.10. The predicted octanol–water partition coefficient (Wildman–Crippen LogP) is 1.24. The van der Waals surface area contributed by atoms with Crippen LogP contribution < -0.4 is 16.2 Å². The van der Waals surface area contributed by atoms with Crippen molar-refractivity contribution in [3.63, 3.8) is 0 Å². The van der Waals surface area contributed by atoms with Gasteiger partial charge in [0.1, 0.15) is 5.69 Å². The third-order valence-electron chi connectivity index (χ3n) is 3.15. The number of hydrogen-bond donors (Lipinski definition) is 2. The maximum Gasteiger partial charge on any atom is 0.291 e. The highest BCUT2D eigenvalue weighted by molar-refractivity contribution is 6.33. The number of hydrogen-bond acceptors (Lipinski definition) is 4. The molecular formula is C13H19ClN4O2. The number of nitrogens with one attached hydrogen (secondary N) is 2. The lowest BCUT2D eigenvalue weighted by Crippen LogP contribution is -2.29. The average molecular weight is 299 g/mol. The molecule has 1 aromatic heterocycles. The Bertz CT molecular complexity index is 540. The molecule has 0 spiro atoms. The molecule has 6 nitrogen and oxygen atoms in total. The van der Waals surface area contributed by atoms with E-state index in [2.05, 4.69) is 15.7 Å². The number of carbonyl (C=O) groups is 1. The van der Waals surface area contributed by atoms with Crippen molar-refractivity contribution in [1.29, 1.82) is 0 Å². The molecule has 0 unspecified atom stereocenters. The Morgan fingerprint density at radius 1 is 1.55 bits per heavy atom. The van der Waals surface area contributed by atoms with Gasteiger partial charge in [0.25, 0.3) is 5.56 Å². The second kappa shape index (κ2) is 6.74. The van der Waals surface area contributed by atoms with Gasteiger partial charge in [0.15, 0.2) is 0 Å². The Hall–Kier alpha value is -1.56. The molecule has 1 fully saturated rings. The monoisotopic (exact) mass is 298 g/mol. The Morgan fingerprint density at radius 2 is 2.30 bits per heavy atom. The van der Waals surface area contributed by atoms with E-state index >= 15 is 0 Å². The predicted molar refractivity (Wildman–Crippen MR) is 78.0 cm³/mol. The molecule has 110 valence electrons. The van der Waals surface area contributed by atoms with Gasteiger partial charge in [0.2, 0.25) is 5.91 Å². The Kier molecular flexibility index (Phi) is 5.00. The fraction of sp³-hybridized carbons (Fsp3) is 0.615. The Morgan fingerprint density at radius 3 is 2.95 bits per heavy atom. The van der Waals surface area contributed by atoms with Gasteiger partial charge in [-0.05, 0) is 25.7 Å². The van der Waals surface area contributed by atoms with E-state index in [0.717, 1.165) is 12.8 Å². The molecule has 7 heteroatoms. The second-order valence-electron chi connectivity index (χ2n) is 4.93. The summed E-state index contributed by atoms with van der Waals surface area (Å²) in [4.78, 5) is 23.6. The van der Waals surface area contributed by atoms with Crippen LogP contribution in [-0.2, 0) is 11.3 Å². The molecule has 0 aliphatic heterocycles. The first-order valence-corrected chi connectivity index (χ1v) is 7.25. The first kappa shape index (κ1) is 14.8. The van der Waals surface area contributed by atoms with Gasteiger partial charge >= 0.3 is 0 Å². The number of nitrogens with zero attached hydrogens (tertiary/aromatic N) is 2. The molecule has 1 amide bonds. The van der Waals surface area contributed by atoms with Gasteiger partial charge in [-0.15, -0.1) is 0 Å². The average Bonchev–Trinajstić information content (AvgIpc) is 3.21. The molecule has 1 aliphatic rings. The van der Waals surface area contributed by atoms with Crippen LogP contribution in [-0.4, -0.2) is 28.8 Å². The fourth-order valence-electron chi connectivity index (χ4n) is 1.89. The van der Waals surface area contributed by atoms with Crippen molar-refractivity contribution in [3.05, 3.63) is 21.6 Å². The number of aromatic nitrogens is 2. The van der Waals surface area contributed by atoms with Gasteiger partial charge in [-0.2, -0.15) is 5.10 Å². The number of carbonyl (C=O) groups excluding carboxylic acids is 1. The van der Waals surface area contributed by atoms with Crippen LogP contribution in [0.2, 0.25) is 5.02 Å². The van der Waals surface area contributed by atoms with E-state index in [0.29, 0.717) is 37.7 Å². The molecule has 0 saturated heterocycles. The highest BCUT2D eigenvalue weighted by atomic mass is 35.5. The normalized spacial score (nSPS) is 14.1. The summed E-state index contributed by atoms with van der Waals surface area (Å²) in [6.07, 6.45) is 4.07. The minimum atomic E-state index is -0.222. The second-order valence-corrected chi connectivity index (χ2v) is 5.34. The molecule has 2 rings (SSSR count). The summed E-state index contributed by atoms with van der Waals surface area (Å²) in [7, 11) is 0. The summed E-state index contributed by atoms with van der Waals surface area (Å²) in [6, 6.07) is 0. The van der Waals surface area contributed by atoms with Gasteiger partial charge in [0, 0.05) is 26.1 Å². The van der Waals surface area contributed by atoms with Crippen molar-refractivity contribution >= 4 is 23.2 Å².